The minimum Gasteiger partial charge on any atom is -0.396 e. The Bertz CT molecular complexity index is 592. The van der Waals surface area contributed by atoms with Crippen LogP contribution in [-0.4, -0.2) is 42.8 Å². The van der Waals surface area contributed by atoms with Crippen molar-refractivity contribution in [2.75, 3.05) is 26.7 Å². The van der Waals surface area contributed by atoms with Crippen molar-refractivity contribution in [2.45, 2.75) is 12.3 Å². The molecule has 1 aromatic heterocycles. The first-order valence-corrected chi connectivity index (χ1v) is 7.82. The Balaban J connectivity index is 0.00000288. The van der Waals surface area contributed by atoms with Gasteiger partial charge in [-0.25, -0.2) is 0 Å². The van der Waals surface area contributed by atoms with Crippen LogP contribution < -0.4 is 10.6 Å². The average molecular weight is 440 g/mol. The number of benzene rings is 1. The Labute approximate surface area is 160 Å². The van der Waals surface area contributed by atoms with Crippen LogP contribution in [0.25, 0.3) is 0 Å². The summed E-state index contributed by atoms with van der Waals surface area (Å²) in [6, 6.07) is 14.0. The van der Waals surface area contributed by atoms with Crippen molar-refractivity contribution < 1.29 is 5.11 Å². The second-order valence-corrected chi connectivity index (χ2v) is 5.28. The molecule has 6 heteroatoms. The summed E-state index contributed by atoms with van der Waals surface area (Å²) >= 11 is 0. The second kappa shape index (κ2) is 11.8. The quantitative estimate of drug-likeness (QED) is 0.351. The van der Waals surface area contributed by atoms with Gasteiger partial charge >= 0.3 is 0 Å². The monoisotopic (exact) mass is 440 g/mol. The first-order valence-electron chi connectivity index (χ1n) is 7.82. The maximum Gasteiger partial charge on any atom is 0.191 e. The van der Waals surface area contributed by atoms with E-state index >= 15 is 0 Å². The number of rotatable bonds is 7. The molecule has 0 saturated heterocycles. The van der Waals surface area contributed by atoms with Crippen molar-refractivity contribution in [3.05, 3.63) is 66.0 Å². The SMILES string of the molecule is CN=C(NCCc1cccnc1)NCC(CO)c1ccccc1.I. The number of pyridine rings is 1. The van der Waals surface area contributed by atoms with Gasteiger partial charge in [0.15, 0.2) is 5.96 Å². The van der Waals surface area contributed by atoms with Crippen molar-refractivity contribution in [1.82, 2.24) is 15.6 Å². The molecule has 5 nitrogen and oxygen atoms in total. The fourth-order valence-corrected chi connectivity index (χ4v) is 2.32. The van der Waals surface area contributed by atoms with E-state index in [4.69, 9.17) is 0 Å². The molecule has 1 atom stereocenters. The summed E-state index contributed by atoms with van der Waals surface area (Å²) < 4.78 is 0. The number of aliphatic hydroxyl groups excluding tert-OH is 1. The summed E-state index contributed by atoms with van der Waals surface area (Å²) in [5, 5.41) is 16.1. The normalized spacial score (nSPS) is 12.2. The van der Waals surface area contributed by atoms with E-state index in [1.54, 1.807) is 13.2 Å². The molecule has 1 heterocycles. The van der Waals surface area contributed by atoms with Gasteiger partial charge in [-0.1, -0.05) is 36.4 Å². The van der Waals surface area contributed by atoms with Crippen LogP contribution in [0.3, 0.4) is 0 Å². The molecule has 130 valence electrons. The largest absolute Gasteiger partial charge is 0.396 e. The first-order chi connectivity index (χ1) is 11.3. The molecule has 1 aromatic carbocycles. The van der Waals surface area contributed by atoms with Gasteiger partial charge < -0.3 is 15.7 Å². The van der Waals surface area contributed by atoms with Crippen LogP contribution in [-0.2, 0) is 6.42 Å². The van der Waals surface area contributed by atoms with E-state index in [1.165, 1.54) is 5.56 Å². The highest BCUT2D eigenvalue weighted by Crippen LogP contribution is 2.13. The lowest BCUT2D eigenvalue weighted by Crippen LogP contribution is -2.40. The van der Waals surface area contributed by atoms with E-state index < -0.39 is 0 Å². The van der Waals surface area contributed by atoms with Gasteiger partial charge in [0.25, 0.3) is 0 Å². The van der Waals surface area contributed by atoms with Crippen LogP contribution in [0.4, 0.5) is 0 Å². The smallest absolute Gasteiger partial charge is 0.191 e. The molecule has 0 fully saturated rings. The zero-order valence-electron chi connectivity index (χ0n) is 13.9. The predicted molar refractivity (Wildman–Crippen MR) is 109 cm³/mol. The van der Waals surface area contributed by atoms with Crippen molar-refractivity contribution in [1.29, 1.82) is 0 Å². The summed E-state index contributed by atoms with van der Waals surface area (Å²) in [5.41, 5.74) is 2.31. The summed E-state index contributed by atoms with van der Waals surface area (Å²) in [5.74, 6) is 0.788. The highest BCUT2D eigenvalue weighted by atomic mass is 127. The van der Waals surface area contributed by atoms with Crippen LogP contribution in [0, 0.1) is 0 Å². The van der Waals surface area contributed by atoms with Gasteiger partial charge in [-0.15, -0.1) is 24.0 Å². The predicted octanol–water partition coefficient (Wildman–Crippen LogP) is 2.18. The molecule has 0 bridgehead atoms. The van der Waals surface area contributed by atoms with Crippen LogP contribution in [0.1, 0.15) is 17.0 Å². The topological polar surface area (TPSA) is 69.5 Å². The molecule has 0 spiro atoms. The van der Waals surface area contributed by atoms with E-state index in [-0.39, 0.29) is 36.5 Å². The van der Waals surface area contributed by atoms with Gasteiger partial charge in [0.05, 0.1) is 6.61 Å². The fraction of sp³-hybridized carbons (Fsp3) is 0.333. The zero-order chi connectivity index (χ0) is 16.3. The zero-order valence-corrected chi connectivity index (χ0v) is 16.2. The number of aliphatic imine (C=N–C) groups is 1. The van der Waals surface area contributed by atoms with Crippen LogP contribution in [0.2, 0.25) is 0 Å². The number of guanidine groups is 1. The molecule has 2 aromatic rings. The molecule has 0 aliphatic rings. The Hall–Kier alpha value is -1.67. The highest BCUT2D eigenvalue weighted by molar-refractivity contribution is 14.0. The number of hydrogen-bond donors (Lipinski definition) is 3. The van der Waals surface area contributed by atoms with Gasteiger partial charge in [0.2, 0.25) is 0 Å². The van der Waals surface area contributed by atoms with Gasteiger partial charge in [0.1, 0.15) is 0 Å². The Morgan fingerprint density at radius 2 is 1.96 bits per heavy atom. The molecule has 0 aliphatic heterocycles. The molecule has 24 heavy (non-hydrogen) atoms. The highest BCUT2D eigenvalue weighted by Gasteiger charge is 2.10. The number of nitrogens with one attached hydrogen (secondary N) is 2. The molecule has 0 radical (unpaired) electrons. The summed E-state index contributed by atoms with van der Waals surface area (Å²) in [7, 11) is 1.75. The summed E-state index contributed by atoms with van der Waals surface area (Å²) in [4.78, 5) is 8.32. The molecule has 0 aliphatic carbocycles. The molecule has 1 unspecified atom stereocenters. The van der Waals surface area contributed by atoms with Crippen molar-refractivity contribution >= 4 is 29.9 Å². The molecule has 3 N–H and O–H groups in total. The number of hydrogen-bond acceptors (Lipinski definition) is 3. The van der Waals surface area contributed by atoms with Crippen molar-refractivity contribution in [2.24, 2.45) is 4.99 Å². The molecular weight excluding hydrogens is 415 g/mol. The van der Waals surface area contributed by atoms with Crippen LogP contribution in [0.15, 0.2) is 59.9 Å². The lowest BCUT2D eigenvalue weighted by atomic mass is 10.0. The molecule has 0 saturated carbocycles. The number of aromatic nitrogens is 1. The standard InChI is InChI=1S/C18H24N4O.HI/c1-19-18(21-11-9-15-6-5-10-20-12-15)22-13-17(14-23)16-7-3-2-4-8-16;/h2-8,10,12,17,23H,9,11,13-14H2,1H3,(H2,19,21,22);1H. The Morgan fingerprint density at radius 1 is 1.17 bits per heavy atom. The third-order valence-corrected chi connectivity index (χ3v) is 3.66. The summed E-state index contributed by atoms with van der Waals surface area (Å²) in [6.45, 7) is 1.51. The van der Waals surface area contributed by atoms with Gasteiger partial charge in [0, 0.05) is 38.4 Å². The van der Waals surface area contributed by atoms with Gasteiger partial charge in [-0.2, -0.15) is 0 Å². The maximum absolute atomic E-state index is 9.58. The minimum atomic E-state index is 0. The minimum absolute atomic E-state index is 0. The van der Waals surface area contributed by atoms with E-state index in [0.29, 0.717) is 6.54 Å². The number of aliphatic hydroxyl groups is 1. The van der Waals surface area contributed by atoms with Crippen LogP contribution in [0.5, 0.6) is 0 Å². The van der Waals surface area contributed by atoms with E-state index in [2.05, 4.69) is 26.7 Å². The first kappa shape index (κ1) is 20.4. The third-order valence-electron chi connectivity index (χ3n) is 3.66. The Kier molecular flexibility index (Phi) is 10.0. The van der Waals surface area contributed by atoms with Crippen molar-refractivity contribution in [3.63, 3.8) is 0 Å². The van der Waals surface area contributed by atoms with Gasteiger partial charge in [-0.05, 0) is 23.6 Å². The van der Waals surface area contributed by atoms with Gasteiger partial charge in [-0.3, -0.25) is 9.98 Å². The number of nitrogens with zero attached hydrogens (tertiary/aromatic N) is 2. The molecule has 2 rings (SSSR count). The molecular formula is C18H25IN4O. The number of halogens is 1. The van der Waals surface area contributed by atoms with E-state index in [0.717, 1.165) is 24.5 Å². The fourth-order valence-electron chi connectivity index (χ4n) is 2.32. The second-order valence-electron chi connectivity index (χ2n) is 5.28. The third kappa shape index (κ3) is 6.84. The van der Waals surface area contributed by atoms with E-state index in [1.807, 2.05) is 42.6 Å². The van der Waals surface area contributed by atoms with Crippen LogP contribution >= 0.6 is 24.0 Å². The van der Waals surface area contributed by atoms with Crippen molar-refractivity contribution in [3.8, 4) is 0 Å². The molecule has 0 amide bonds. The lowest BCUT2D eigenvalue weighted by Gasteiger charge is -2.18. The lowest BCUT2D eigenvalue weighted by molar-refractivity contribution is 0.265. The maximum atomic E-state index is 9.58. The average Bonchev–Trinajstić information content (AvgIpc) is 2.62. The van der Waals surface area contributed by atoms with E-state index in [9.17, 15) is 5.11 Å². The summed E-state index contributed by atoms with van der Waals surface area (Å²) in [6.07, 6.45) is 4.53. The Morgan fingerprint density at radius 3 is 2.58 bits per heavy atom.